The lowest BCUT2D eigenvalue weighted by molar-refractivity contribution is -0.119. The SMILES string of the molecule is CCN1CCC(NC(=O)CSc2nccn2-c2cccc(C)c2C)CC1. The molecule has 0 spiro atoms. The van der Waals surface area contributed by atoms with E-state index in [1.165, 1.54) is 22.9 Å². The third-order valence-electron chi connectivity index (χ3n) is 5.17. The zero-order valence-corrected chi connectivity index (χ0v) is 16.7. The molecule has 0 unspecified atom stereocenters. The molecule has 1 aliphatic heterocycles. The molecule has 0 radical (unpaired) electrons. The molecule has 1 N–H and O–H groups in total. The van der Waals surface area contributed by atoms with Gasteiger partial charge in [-0.2, -0.15) is 0 Å². The summed E-state index contributed by atoms with van der Waals surface area (Å²) < 4.78 is 2.07. The quantitative estimate of drug-likeness (QED) is 0.791. The van der Waals surface area contributed by atoms with Gasteiger partial charge in [0.25, 0.3) is 0 Å². The van der Waals surface area contributed by atoms with Gasteiger partial charge in [0.05, 0.1) is 11.4 Å². The molecule has 1 aromatic heterocycles. The van der Waals surface area contributed by atoms with E-state index >= 15 is 0 Å². The van der Waals surface area contributed by atoms with E-state index in [4.69, 9.17) is 0 Å². The lowest BCUT2D eigenvalue weighted by Crippen LogP contribution is -2.45. The maximum Gasteiger partial charge on any atom is 0.230 e. The highest BCUT2D eigenvalue weighted by Gasteiger charge is 2.20. The second-order valence-electron chi connectivity index (χ2n) is 6.86. The molecule has 0 aliphatic carbocycles. The lowest BCUT2D eigenvalue weighted by Gasteiger charge is -2.31. The molecule has 1 saturated heterocycles. The fourth-order valence-corrected chi connectivity index (χ4v) is 4.15. The predicted molar refractivity (Wildman–Crippen MR) is 107 cm³/mol. The number of carbonyl (C=O) groups excluding carboxylic acids is 1. The molecule has 2 heterocycles. The first-order valence-electron chi connectivity index (χ1n) is 9.33. The van der Waals surface area contributed by atoms with Gasteiger partial charge >= 0.3 is 0 Å². The molecule has 140 valence electrons. The highest BCUT2D eigenvalue weighted by Crippen LogP contribution is 2.24. The van der Waals surface area contributed by atoms with Crippen molar-refractivity contribution < 1.29 is 4.79 Å². The Balaban J connectivity index is 1.57. The third-order valence-corrected chi connectivity index (χ3v) is 6.14. The predicted octanol–water partition coefficient (Wildman–Crippen LogP) is 3.18. The summed E-state index contributed by atoms with van der Waals surface area (Å²) in [4.78, 5) is 19.2. The number of benzene rings is 1. The van der Waals surface area contributed by atoms with Gasteiger partial charge in [-0.1, -0.05) is 30.8 Å². The van der Waals surface area contributed by atoms with Gasteiger partial charge in [0.1, 0.15) is 0 Å². The van der Waals surface area contributed by atoms with Crippen LogP contribution in [0.1, 0.15) is 30.9 Å². The summed E-state index contributed by atoms with van der Waals surface area (Å²) in [6.45, 7) is 9.66. The number of aromatic nitrogens is 2. The van der Waals surface area contributed by atoms with E-state index in [9.17, 15) is 4.79 Å². The fraction of sp³-hybridized carbons (Fsp3) is 0.500. The van der Waals surface area contributed by atoms with Gasteiger partial charge in [0.15, 0.2) is 5.16 Å². The van der Waals surface area contributed by atoms with Crippen molar-refractivity contribution in [2.45, 2.75) is 44.8 Å². The smallest absolute Gasteiger partial charge is 0.230 e. The third kappa shape index (κ3) is 4.48. The van der Waals surface area contributed by atoms with Crippen molar-refractivity contribution in [1.82, 2.24) is 19.8 Å². The molecular formula is C20H28N4OS. The van der Waals surface area contributed by atoms with Gasteiger partial charge in [-0.05, 0) is 50.4 Å². The van der Waals surface area contributed by atoms with Gasteiger partial charge in [-0.25, -0.2) is 4.98 Å². The number of amides is 1. The van der Waals surface area contributed by atoms with E-state index < -0.39 is 0 Å². The molecule has 1 amide bonds. The minimum atomic E-state index is 0.0977. The number of thioether (sulfide) groups is 1. The summed E-state index contributed by atoms with van der Waals surface area (Å²) in [5.74, 6) is 0.496. The molecule has 26 heavy (non-hydrogen) atoms. The number of hydrogen-bond acceptors (Lipinski definition) is 4. The number of rotatable bonds is 6. The van der Waals surface area contributed by atoms with Gasteiger partial charge < -0.3 is 10.2 Å². The van der Waals surface area contributed by atoms with Gasteiger partial charge in [0, 0.05) is 31.5 Å². The van der Waals surface area contributed by atoms with Crippen LogP contribution in [0.5, 0.6) is 0 Å². The molecule has 1 aromatic carbocycles. The lowest BCUT2D eigenvalue weighted by atomic mass is 10.1. The Morgan fingerprint density at radius 2 is 2.08 bits per heavy atom. The summed E-state index contributed by atoms with van der Waals surface area (Å²) in [5, 5.41) is 4.04. The molecule has 2 aromatic rings. The minimum absolute atomic E-state index is 0.0977. The van der Waals surface area contributed by atoms with Crippen LogP contribution in [0.25, 0.3) is 5.69 Å². The summed E-state index contributed by atoms with van der Waals surface area (Å²) >= 11 is 1.49. The second kappa shape index (κ2) is 8.73. The molecule has 1 aliphatic rings. The molecule has 0 bridgehead atoms. The highest BCUT2D eigenvalue weighted by atomic mass is 32.2. The molecule has 6 heteroatoms. The van der Waals surface area contributed by atoms with E-state index in [0.29, 0.717) is 11.8 Å². The number of imidazole rings is 1. The van der Waals surface area contributed by atoms with Crippen LogP contribution in [0, 0.1) is 13.8 Å². The van der Waals surface area contributed by atoms with Crippen molar-refractivity contribution in [3.63, 3.8) is 0 Å². The van der Waals surface area contributed by atoms with Crippen LogP contribution in [0.3, 0.4) is 0 Å². The monoisotopic (exact) mass is 372 g/mol. The van der Waals surface area contributed by atoms with E-state index in [1.807, 2.05) is 6.20 Å². The number of hydrogen-bond donors (Lipinski definition) is 1. The molecule has 5 nitrogen and oxygen atoms in total. The highest BCUT2D eigenvalue weighted by molar-refractivity contribution is 7.99. The molecule has 0 saturated carbocycles. The van der Waals surface area contributed by atoms with Crippen LogP contribution >= 0.6 is 11.8 Å². The van der Waals surface area contributed by atoms with Crippen LogP contribution in [0.2, 0.25) is 0 Å². The Labute approximate surface area is 160 Å². The van der Waals surface area contributed by atoms with Crippen LogP contribution in [0.4, 0.5) is 0 Å². The number of nitrogens with zero attached hydrogens (tertiary/aromatic N) is 3. The normalized spacial score (nSPS) is 16.0. The van der Waals surface area contributed by atoms with Gasteiger partial charge in [-0.3, -0.25) is 9.36 Å². The van der Waals surface area contributed by atoms with Crippen molar-refractivity contribution in [1.29, 1.82) is 0 Å². The molecular weight excluding hydrogens is 344 g/mol. The number of aryl methyl sites for hydroxylation is 1. The van der Waals surface area contributed by atoms with Gasteiger partial charge in [-0.15, -0.1) is 0 Å². The maximum atomic E-state index is 12.3. The van der Waals surface area contributed by atoms with Crippen molar-refractivity contribution in [3.05, 3.63) is 41.7 Å². The van der Waals surface area contributed by atoms with Crippen molar-refractivity contribution in [2.75, 3.05) is 25.4 Å². The Morgan fingerprint density at radius 1 is 1.31 bits per heavy atom. The Kier molecular flexibility index (Phi) is 6.38. The molecule has 1 fully saturated rings. The van der Waals surface area contributed by atoms with Crippen LogP contribution in [-0.2, 0) is 4.79 Å². The Hall–Kier alpha value is -1.79. The van der Waals surface area contributed by atoms with Crippen LogP contribution < -0.4 is 5.32 Å². The zero-order chi connectivity index (χ0) is 18.5. The summed E-state index contributed by atoms with van der Waals surface area (Å²) in [7, 11) is 0. The second-order valence-corrected chi connectivity index (χ2v) is 7.81. The van der Waals surface area contributed by atoms with Crippen molar-refractivity contribution in [3.8, 4) is 5.69 Å². The maximum absolute atomic E-state index is 12.3. The first-order valence-corrected chi connectivity index (χ1v) is 10.3. The van der Waals surface area contributed by atoms with Gasteiger partial charge in [0.2, 0.25) is 5.91 Å². The number of piperidine rings is 1. The number of nitrogens with one attached hydrogen (secondary N) is 1. The van der Waals surface area contributed by atoms with Crippen molar-refractivity contribution >= 4 is 17.7 Å². The molecule has 0 atom stereocenters. The Bertz CT molecular complexity index is 750. The number of carbonyl (C=O) groups is 1. The zero-order valence-electron chi connectivity index (χ0n) is 15.9. The first kappa shape index (κ1) is 19.0. The molecule has 3 rings (SSSR count). The summed E-state index contributed by atoms with van der Waals surface area (Å²) in [6.07, 6.45) is 5.84. The van der Waals surface area contributed by atoms with E-state index in [0.717, 1.165) is 43.3 Å². The average Bonchev–Trinajstić information content (AvgIpc) is 3.11. The standard InChI is InChI=1S/C20H28N4OS/c1-4-23-11-8-17(9-12-23)22-19(25)14-26-20-21-10-13-24(20)18-7-5-6-15(2)16(18)3/h5-7,10,13,17H,4,8-9,11-12,14H2,1-3H3,(H,22,25). The first-order chi connectivity index (χ1) is 12.6. The fourth-order valence-electron chi connectivity index (χ4n) is 3.37. The average molecular weight is 373 g/mol. The van der Waals surface area contributed by atoms with Crippen molar-refractivity contribution in [2.24, 2.45) is 0 Å². The van der Waals surface area contributed by atoms with E-state index in [2.05, 4.69) is 58.7 Å². The summed E-state index contributed by atoms with van der Waals surface area (Å²) in [5.41, 5.74) is 3.61. The summed E-state index contributed by atoms with van der Waals surface area (Å²) in [6, 6.07) is 6.57. The number of likely N-dealkylation sites (tertiary alicyclic amines) is 1. The van der Waals surface area contributed by atoms with E-state index in [-0.39, 0.29) is 5.91 Å². The van der Waals surface area contributed by atoms with Crippen LogP contribution in [-0.4, -0.2) is 51.8 Å². The minimum Gasteiger partial charge on any atom is -0.353 e. The Morgan fingerprint density at radius 3 is 2.81 bits per heavy atom. The van der Waals surface area contributed by atoms with E-state index in [1.54, 1.807) is 6.20 Å². The van der Waals surface area contributed by atoms with Crippen LogP contribution in [0.15, 0.2) is 35.7 Å². The largest absolute Gasteiger partial charge is 0.353 e. The topological polar surface area (TPSA) is 50.2 Å².